The van der Waals surface area contributed by atoms with Gasteiger partial charge in [-0.3, -0.25) is 9.78 Å². The summed E-state index contributed by atoms with van der Waals surface area (Å²) in [5.41, 5.74) is 0.567. The highest BCUT2D eigenvalue weighted by Crippen LogP contribution is 2.23. The van der Waals surface area contributed by atoms with Crippen LogP contribution < -0.4 is 0 Å². The minimum Gasteiger partial charge on any atom is -0.289 e. The predicted octanol–water partition coefficient (Wildman–Crippen LogP) is 3.87. The van der Waals surface area contributed by atoms with Gasteiger partial charge in [0.25, 0.3) is 0 Å². The van der Waals surface area contributed by atoms with Crippen molar-refractivity contribution < 1.29 is 9.18 Å². The van der Waals surface area contributed by atoms with Crippen LogP contribution in [0.1, 0.15) is 15.9 Å². The van der Waals surface area contributed by atoms with Crippen molar-refractivity contribution in [3.8, 4) is 0 Å². The number of pyridine rings is 1. The van der Waals surface area contributed by atoms with E-state index in [0.29, 0.717) is 15.1 Å². The Bertz CT molecular complexity index is 588. The van der Waals surface area contributed by atoms with Gasteiger partial charge in [0.15, 0.2) is 5.78 Å². The minimum atomic E-state index is -0.547. The van der Waals surface area contributed by atoms with Gasteiger partial charge in [0.05, 0.1) is 6.20 Å². The highest BCUT2D eigenvalue weighted by Gasteiger charge is 2.14. The zero-order valence-corrected chi connectivity index (χ0v) is 10.8. The standard InChI is InChI=1S/C12H6BrClFNO/c13-11-2-1-8(14)4-10(11)12(17)7-3-9(15)6-16-5-7/h1-6H. The van der Waals surface area contributed by atoms with Gasteiger partial charge in [0.1, 0.15) is 5.82 Å². The van der Waals surface area contributed by atoms with Gasteiger partial charge in [-0.25, -0.2) is 4.39 Å². The van der Waals surface area contributed by atoms with E-state index in [1.807, 2.05) is 0 Å². The Kier molecular flexibility index (Phi) is 3.54. The zero-order valence-electron chi connectivity index (χ0n) is 8.45. The lowest BCUT2D eigenvalue weighted by Crippen LogP contribution is -2.03. The number of hydrogen-bond donors (Lipinski definition) is 0. The van der Waals surface area contributed by atoms with Gasteiger partial charge in [-0.1, -0.05) is 27.5 Å². The average molecular weight is 315 g/mol. The molecule has 0 fully saturated rings. The average Bonchev–Trinajstić information content (AvgIpc) is 2.31. The maximum absolute atomic E-state index is 13.0. The maximum Gasteiger partial charge on any atom is 0.195 e. The molecule has 86 valence electrons. The lowest BCUT2D eigenvalue weighted by atomic mass is 10.1. The van der Waals surface area contributed by atoms with Crippen LogP contribution in [0.2, 0.25) is 5.02 Å². The van der Waals surface area contributed by atoms with Crippen LogP contribution >= 0.6 is 27.5 Å². The van der Waals surface area contributed by atoms with E-state index in [1.54, 1.807) is 12.1 Å². The van der Waals surface area contributed by atoms with Crippen LogP contribution in [0.15, 0.2) is 41.1 Å². The highest BCUT2D eigenvalue weighted by atomic mass is 79.9. The fraction of sp³-hybridized carbons (Fsp3) is 0. The van der Waals surface area contributed by atoms with Crippen molar-refractivity contribution in [1.29, 1.82) is 0 Å². The largest absolute Gasteiger partial charge is 0.289 e. The molecule has 0 saturated carbocycles. The first-order chi connectivity index (χ1) is 8.08. The van der Waals surface area contributed by atoms with E-state index in [0.717, 1.165) is 12.3 Å². The summed E-state index contributed by atoms with van der Waals surface area (Å²) in [6, 6.07) is 6.00. The Labute approximate surface area is 111 Å². The summed E-state index contributed by atoms with van der Waals surface area (Å²) in [5.74, 6) is -0.875. The molecule has 0 radical (unpaired) electrons. The van der Waals surface area contributed by atoms with E-state index < -0.39 is 5.82 Å². The molecule has 1 heterocycles. The van der Waals surface area contributed by atoms with Gasteiger partial charge < -0.3 is 0 Å². The third kappa shape index (κ3) is 2.70. The molecule has 5 heteroatoms. The van der Waals surface area contributed by atoms with Crippen molar-refractivity contribution in [3.05, 3.63) is 63.1 Å². The summed E-state index contributed by atoms with van der Waals surface area (Å²) in [6.45, 7) is 0. The fourth-order valence-corrected chi connectivity index (χ4v) is 1.96. The number of carbonyl (C=O) groups is 1. The van der Waals surface area contributed by atoms with Crippen molar-refractivity contribution in [3.63, 3.8) is 0 Å². The Morgan fingerprint density at radius 3 is 2.76 bits per heavy atom. The highest BCUT2D eigenvalue weighted by molar-refractivity contribution is 9.10. The SMILES string of the molecule is O=C(c1cncc(F)c1)c1cc(Cl)ccc1Br. The lowest BCUT2D eigenvalue weighted by Gasteiger charge is -2.04. The molecular weight excluding hydrogens is 308 g/mol. The van der Waals surface area contributed by atoms with Crippen LogP contribution in [0.25, 0.3) is 0 Å². The van der Waals surface area contributed by atoms with Crippen LogP contribution in [0.4, 0.5) is 4.39 Å². The number of nitrogens with zero attached hydrogens (tertiary/aromatic N) is 1. The number of hydrogen-bond acceptors (Lipinski definition) is 2. The molecular formula is C12H6BrClFNO. The molecule has 0 saturated heterocycles. The summed E-state index contributed by atoms with van der Waals surface area (Å²) in [7, 11) is 0. The predicted molar refractivity (Wildman–Crippen MR) is 66.8 cm³/mol. The zero-order chi connectivity index (χ0) is 12.4. The molecule has 0 atom stereocenters. The lowest BCUT2D eigenvalue weighted by molar-refractivity contribution is 0.103. The molecule has 2 aromatic rings. The first-order valence-electron chi connectivity index (χ1n) is 4.68. The number of benzene rings is 1. The molecule has 0 bridgehead atoms. The Morgan fingerprint density at radius 1 is 1.29 bits per heavy atom. The van der Waals surface area contributed by atoms with E-state index >= 15 is 0 Å². The van der Waals surface area contributed by atoms with Crippen molar-refractivity contribution in [2.24, 2.45) is 0 Å². The van der Waals surface area contributed by atoms with Gasteiger partial charge in [-0.05, 0) is 24.3 Å². The van der Waals surface area contributed by atoms with Crippen LogP contribution in [0.3, 0.4) is 0 Å². The van der Waals surface area contributed by atoms with E-state index in [2.05, 4.69) is 20.9 Å². The van der Waals surface area contributed by atoms with Crippen molar-refractivity contribution in [1.82, 2.24) is 4.98 Å². The first kappa shape index (κ1) is 12.2. The molecule has 0 N–H and O–H groups in total. The van der Waals surface area contributed by atoms with Gasteiger partial charge in [-0.2, -0.15) is 0 Å². The fourth-order valence-electron chi connectivity index (χ4n) is 1.36. The number of aromatic nitrogens is 1. The second-order valence-corrected chi connectivity index (χ2v) is 4.64. The van der Waals surface area contributed by atoms with Crippen LogP contribution in [0.5, 0.6) is 0 Å². The van der Waals surface area contributed by atoms with Gasteiger partial charge >= 0.3 is 0 Å². The summed E-state index contributed by atoms with van der Waals surface area (Å²) in [6.07, 6.45) is 2.36. The molecule has 1 aromatic carbocycles. The van der Waals surface area contributed by atoms with Crippen LogP contribution in [0, 0.1) is 5.82 Å². The molecule has 2 rings (SSSR count). The Hall–Kier alpha value is -1.26. The number of rotatable bonds is 2. The quantitative estimate of drug-likeness (QED) is 0.788. The molecule has 2 nitrogen and oxygen atoms in total. The number of halogens is 3. The van der Waals surface area contributed by atoms with Crippen molar-refractivity contribution in [2.75, 3.05) is 0 Å². The molecule has 0 aliphatic rings. The smallest absolute Gasteiger partial charge is 0.195 e. The van der Waals surface area contributed by atoms with E-state index in [1.165, 1.54) is 12.3 Å². The summed E-state index contributed by atoms with van der Waals surface area (Å²) < 4.78 is 13.6. The third-order valence-corrected chi connectivity index (χ3v) is 3.07. The monoisotopic (exact) mass is 313 g/mol. The van der Waals surface area contributed by atoms with Crippen LogP contribution in [-0.2, 0) is 0 Å². The molecule has 0 aliphatic heterocycles. The number of ketones is 1. The Balaban J connectivity index is 2.47. The Morgan fingerprint density at radius 2 is 2.06 bits per heavy atom. The van der Waals surface area contributed by atoms with Gasteiger partial charge in [0, 0.05) is 26.8 Å². The molecule has 17 heavy (non-hydrogen) atoms. The second kappa shape index (κ2) is 4.94. The maximum atomic E-state index is 13.0. The van der Waals surface area contributed by atoms with E-state index in [-0.39, 0.29) is 11.3 Å². The molecule has 0 aliphatic carbocycles. The van der Waals surface area contributed by atoms with Gasteiger partial charge in [-0.15, -0.1) is 0 Å². The first-order valence-corrected chi connectivity index (χ1v) is 5.85. The molecule has 1 aromatic heterocycles. The van der Waals surface area contributed by atoms with Crippen molar-refractivity contribution in [2.45, 2.75) is 0 Å². The topological polar surface area (TPSA) is 30.0 Å². The number of carbonyl (C=O) groups excluding carboxylic acids is 1. The molecule has 0 amide bonds. The van der Waals surface area contributed by atoms with Crippen LogP contribution in [-0.4, -0.2) is 10.8 Å². The third-order valence-electron chi connectivity index (χ3n) is 2.14. The minimum absolute atomic E-state index is 0.188. The van der Waals surface area contributed by atoms with E-state index in [9.17, 15) is 9.18 Å². The van der Waals surface area contributed by atoms with Gasteiger partial charge in [0.2, 0.25) is 0 Å². The summed E-state index contributed by atoms with van der Waals surface area (Å²) in [4.78, 5) is 15.7. The summed E-state index contributed by atoms with van der Waals surface area (Å²) >= 11 is 9.07. The molecule has 0 unspecified atom stereocenters. The normalized spacial score (nSPS) is 10.3. The van der Waals surface area contributed by atoms with E-state index in [4.69, 9.17) is 11.6 Å². The molecule has 0 spiro atoms. The second-order valence-electron chi connectivity index (χ2n) is 3.35. The summed E-state index contributed by atoms with van der Waals surface area (Å²) in [5, 5.41) is 0.445. The van der Waals surface area contributed by atoms with Crippen molar-refractivity contribution >= 4 is 33.3 Å².